The second kappa shape index (κ2) is 13.3. The molecule has 0 aromatic rings. The molecule has 0 spiro atoms. The van der Waals surface area contributed by atoms with Crippen molar-refractivity contribution in [2.24, 2.45) is 5.11 Å². The Hall–Kier alpha value is -1.99. The van der Waals surface area contributed by atoms with Gasteiger partial charge in [-0.3, -0.25) is 4.79 Å². The Morgan fingerprint density at radius 3 is 2.40 bits per heavy atom. The summed E-state index contributed by atoms with van der Waals surface area (Å²) < 4.78 is 15.4. The largest absolute Gasteiger partial charge is 0.469 e. The Morgan fingerprint density at radius 2 is 1.80 bits per heavy atom. The van der Waals surface area contributed by atoms with E-state index in [-0.39, 0.29) is 18.9 Å². The van der Waals surface area contributed by atoms with Gasteiger partial charge in [0.2, 0.25) is 0 Å². The summed E-state index contributed by atoms with van der Waals surface area (Å²) in [5.74, 6) is -0.371. The number of hydrogen-bond acceptors (Lipinski definition) is 6. The van der Waals surface area contributed by atoms with Gasteiger partial charge in [-0.05, 0) is 45.6 Å². The Labute approximate surface area is 149 Å². The molecule has 0 aliphatic carbocycles. The lowest BCUT2D eigenvalue weighted by Crippen LogP contribution is -2.39. The van der Waals surface area contributed by atoms with Gasteiger partial charge in [0.25, 0.3) is 0 Å². The highest BCUT2D eigenvalue weighted by molar-refractivity contribution is 5.72. The smallest absolute Gasteiger partial charge is 0.410 e. The van der Waals surface area contributed by atoms with Gasteiger partial charge >= 0.3 is 12.1 Å². The van der Waals surface area contributed by atoms with Crippen LogP contribution in [0, 0.1) is 0 Å². The summed E-state index contributed by atoms with van der Waals surface area (Å²) in [5.41, 5.74) is 7.56. The first-order chi connectivity index (χ1) is 11.8. The van der Waals surface area contributed by atoms with Crippen LogP contribution in [0.5, 0.6) is 0 Å². The Balaban J connectivity index is 4.14. The van der Waals surface area contributed by atoms with Crippen molar-refractivity contribution in [2.75, 3.05) is 40.0 Å². The normalized spacial score (nSPS) is 10.7. The Kier molecular flexibility index (Phi) is 12.3. The number of rotatable bonds is 12. The van der Waals surface area contributed by atoms with Crippen molar-refractivity contribution in [3.05, 3.63) is 10.4 Å². The summed E-state index contributed by atoms with van der Waals surface area (Å²) in [7, 11) is 1.32. The SMILES string of the molecule is COC(=O)CCN(CCCOCCCCN=[N+]=[N-])C(=O)OC(C)(C)C. The third-order valence-electron chi connectivity index (χ3n) is 3.04. The van der Waals surface area contributed by atoms with E-state index in [0.29, 0.717) is 32.7 Å². The average molecular weight is 358 g/mol. The second-order valence-corrected chi connectivity index (χ2v) is 6.42. The molecule has 0 aliphatic heterocycles. The van der Waals surface area contributed by atoms with Crippen LogP contribution in [0.1, 0.15) is 46.5 Å². The van der Waals surface area contributed by atoms with Gasteiger partial charge in [-0.1, -0.05) is 5.11 Å². The average Bonchev–Trinajstić information content (AvgIpc) is 2.53. The lowest BCUT2D eigenvalue weighted by molar-refractivity contribution is -0.140. The fraction of sp³-hybridized carbons (Fsp3) is 0.875. The number of hydrogen-bond donors (Lipinski definition) is 0. The van der Waals surface area contributed by atoms with Crippen LogP contribution in [-0.4, -0.2) is 62.5 Å². The van der Waals surface area contributed by atoms with E-state index in [1.165, 1.54) is 12.0 Å². The van der Waals surface area contributed by atoms with Crippen molar-refractivity contribution in [1.82, 2.24) is 4.90 Å². The number of azide groups is 1. The Morgan fingerprint density at radius 1 is 1.12 bits per heavy atom. The van der Waals surface area contributed by atoms with E-state index in [9.17, 15) is 9.59 Å². The first-order valence-electron chi connectivity index (χ1n) is 8.43. The fourth-order valence-corrected chi connectivity index (χ4v) is 1.84. The molecule has 0 aromatic heterocycles. The molecule has 0 saturated carbocycles. The molecule has 0 heterocycles. The molecular formula is C16H30N4O5. The molecule has 0 atom stereocenters. The summed E-state index contributed by atoms with van der Waals surface area (Å²) in [4.78, 5) is 27.7. The maximum absolute atomic E-state index is 12.2. The predicted molar refractivity (Wildman–Crippen MR) is 93.1 cm³/mol. The van der Waals surface area contributed by atoms with Crippen LogP contribution < -0.4 is 0 Å². The molecule has 0 rings (SSSR count). The van der Waals surface area contributed by atoms with Crippen LogP contribution in [0.15, 0.2) is 5.11 Å². The lowest BCUT2D eigenvalue weighted by Gasteiger charge is -2.27. The molecular weight excluding hydrogens is 328 g/mol. The van der Waals surface area contributed by atoms with Crippen molar-refractivity contribution in [1.29, 1.82) is 0 Å². The number of nitrogens with zero attached hydrogens (tertiary/aromatic N) is 4. The van der Waals surface area contributed by atoms with Crippen molar-refractivity contribution in [2.45, 2.75) is 52.1 Å². The first kappa shape index (κ1) is 23.0. The van der Waals surface area contributed by atoms with Gasteiger partial charge in [0, 0.05) is 37.8 Å². The monoisotopic (exact) mass is 358 g/mol. The maximum atomic E-state index is 12.2. The van der Waals surface area contributed by atoms with Crippen molar-refractivity contribution < 1.29 is 23.8 Å². The standard InChI is InChI=1S/C16H30N4O5/c1-16(2,3)25-15(22)20(11-8-14(21)23-4)10-7-13-24-12-6-5-9-18-19-17/h5-13H2,1-4H3. The molecule has 0 unspecified atom stereocenters. The Bertz CT molecular complexity index is 444. The molecule has 1 amide bonds. The quantitative estimate of drug-likeness (QED) is 0.175. The zero-order valence-corrected chi connectivity index (χ0v) is 15.7. The second-order valence-electron chi connectivity index (χ2n) is 6.42. The van der Waals surface area contributed by atoms with Gasteiger partial charge in [0.1, 0.15) is 5.60 Å². The van der Waals surface area contributed by atoms with Crippen LogP contribution >= 0.6 is 0 Å². The molecule has 0 fully saturated rings. The van der Waals surface area contributed by atoms with Gasteiger partial charge in [0.05, 0.1) is 13.5 Å². The van der Waals surface area contributed by atoms with E-state index in [2.05, 4.69) is 14.8 Å². The highest BCUT2D eigenvalue weighted by Gasteiger charge is 2.22. The highest BCUT2D eigenvalue weighted by Crippen LogP contribution is 2.11. The van der Waals surface area contributed by atoms with Gasteiger partial charge in [-0.25, -0.2) is 4.79 Å². The summed E-state index contributed by atoms with van der Waals surface area (Å²) >= 11 is 0. The van der Waals surface area contributed by atoms with E-state index in [0.717, 1.165) is 12.8 Å². The zero-order chi connectivity index (χ0) is 19.1. The van der Waals surface area contributed by atoms with Gasteiger partial charge in [-0.2, -0.15) is 0 Å². The molecule has 0 aromatic carbocycles. The summed E-state index contributed by atoms with van der Waals surface area (Å²) in [6, 6.07) is 0. The van der Waals surface area contributed by atoms with Crippen LogP contribution in [0.3, 0.4) is 0 Å². The van der Waals surface area contributed by atoms with E-state index < -0.39 is 11.7 Å². The number of carbonyl (C=O) groups excluding carboxylic acids is 2. The molecule has 0 saturated heterocycles. The van der Waals surface area contributed by atoms with Gasteiger partial charge < -0.3 is 19.1 Å². The zero-order valence-electron chi connectivity index (χ0n) is 15.7. The van der Waals surface area contributed by atoms with E-state index in [1.54, 1.807) is 20.8 Å². The number of ether oxygens (including phenoxy) is 3. The van der Waals surface area contributed by atoms with Crippen molar-refractivity contribution in [3.8, 4) is 0 Å². The summed E-state index contributed by atoms with van der Waals surface area (Å²) in [6.07, 6.45) is 1.91. The van der Waals surface area contributed by atoms with Crippen molar-refractivity contribution >= 4 is 12.1 Å². The van der Waals surface area contributed by atoms with E-state index >= 15 is 0 Å². The molecule has 25 heavy (non-hydrogen) atoms. The number of esters is 1. The molecule has 9 nitrogen and oxygen atoms in total. The fourth-order valence-electron chi connectivity index (χ4n) is 1.84. The topological polar surface area (TPSA) is 114 Å². The number of unbranched alkanes of at least 4 members (excludes halogenated alkanes) is 1. The molecule has 0 aliphatic rings. The van der Waals surface area contributed by atoms with Crippen molar-refractivity contribution in [3.63, 3.8) is 0 Å². The van der Waals surface area contributed by atoms with Crippen LogP contribution in [0.25, 0.3) is 10.4 Å². The predicted octanol–water partition coefficient (Wildman–Crippen LogP) is 3.28. The molecule has 0 N–H and O–H groups in total. The minimum Gasteiger partial charge on any atom is -0.469 e. The summed E-state index contributed by atoms with van der Waals surface area (Å²) in [6.45, 7) is 7.61. The molecule has 144 valence electrons. The lowest BCUT2D eigenvalue weighted by atomic mass is 10.2. The maximum Gasteiger partial charge on any atom is 0.410 e. The first-order valence-corrected chi connectivity index (χ1v) is 8.43. The minimum atomic E-state index is -0.594. The van der Waals surface area contributed by atoms with Gasteiger partial charge in [-0.15, -0.1) is 0 Å². The third kappa shape index (κ3) is 14.1. The third-order valence-corrected chi connectivity index (χ3v) is 3.04. The molecule has 9 heteroatoms. The molecule has 0 radical (unpaired) electrons. The van der Waals surface area contributed by atoms with E-state index in [1.807, 2.05) is 0 Å². The highest BCUT2D eigenvalue weighted by atomic mass is 16.6. The number of amides is 1. The van der Waals surface area contributed by atoms with Gasteiger partial charge in [0.15, 0.2) is 0 Å². The number of carbonyl (C=O) groups is 2. The number of methoxy groups -OCH3 is 1. The minimum absolute atomic E-state index is 0.121. The van der Waals surface area contributed by atoms with Crippen LogP contribution in [0.2, 0.25) is 0 Å². The van der Waals surface area contributed by atoms with E-state index in [4.69, 9.17) is 15.0 Å². The molecule has 0 bridgehead atoms. The summed E-state index contributed by atoms with van der Waals surface area (Å²) in [5, 5.41) is 3.45. The van der Waals surface area contributed by atoms with Crippen LogP contribution in [-0.2, 0) is 19.0 Å². The van der Waals surface area contributed by atoms with Crippen LogP contribution in [0.4, 0.5) is 4.79 Å².